The zero-order valence-corrected chi connectivity index (χ0v) is 12.8. The lowest BCUT2D eigenvalue weighted by Crippen LogP contribution is -2.12. The van der Waals surface area contributed by atoms with Gasteiger partial charge in [-0.05, 0) is 44.4 Å². The largest absolute Gasteiger partial charge is 0.478 e. The topological polar surface area (TPSA) is 39.2 Å². The van der Waals surface area contributed by atoms with Crippen LogP contribution in [0, 0.1) is 0 Å². The second kappa shape index (κ2) is 5.34. The maximum Gasteiger partial charge on any atom is 0.213 e. The summed E-state index contributed by atoms with van der Waals surface area (Å²) >= 11 is 0. The number of nitrogens with zero attached hydrogens (tertiary/aromatic N) is 1. The number of benzene rings is 1. The Morgan fingerprint density at radius 1 is 1.16 bits per heavy atom. The second-order valence-corrected chi connectivity index (χ2v) is 8.08. The molecule has 0 atom stereocenters. The maximum atomic E-state index is 12.6. The Balaban J connectivity index is 2.72. The first-order valence-corrected chi connectivity index (χ1v) is 9.18. The average molecular weight is 277 g/mol. The number of hydrogen-bond donors (Lipinski definition) is 0. The van der Waals surface area contributed by atoms with Crippen LogP contribution in [0.4, 0.5) is 0 Å². The van der Waals surface area contributed by atoms with Gasteiger partial charge in [-0.2, -0.15) is 0 Å². The minimum absolute atomic E-state index is 0.596. The van der Waals surface area contributed by atoms with Crippen molar-refractivity contribution >= 4 is 23.3 Å². The maximum absolute atomic E-state index is 12.6. The van der Waals surface area contributed by atoms with Crippen LogP contribution in [0.25, 0.3) is 10.9 Å². The van der Waals surface area contributed by atoms with Crippen molar-refractivity contribution < 1.29 is 9.30 Å². The zero-order chi connectivity index (χ0) is 14.0. The van der Waals surface area contributed by atoms with Crippen LogP contribution in [-0.2, 0) is 11.0 Å². The highest BCUT2D eigenvalue weighted by atomic mass is 31.2. The molecule has 4 heteroatoms. The van der Waals surface area contributed by atoms with Crippen molar-refractivity contribution in [3.8, 4) is 5.88 Å². The van der Waals surface area contributed by atoms with Crippen LogP contribution in [-0.4, -0.2) is 24.9 Å². The van der Waals surface area contributed by atoms with E-state index in [1.807, 2.05) is 44.5 Å². The van der Waals surface area contributed by atoms with Crippen LogP contribution in [0.2, 0.25) is 0 Å². The van der Waals surface area contributed by atoms with E-state index in [9.17, 15) is 4.57 Å². The number of aryl methyl sites for hydroxylation is 1. The quantitative estimate of drug-likeness (QED) is 0.804. The van der Waals surface area contributed by atoms with Gasteiger partial charge in [-0.3, -0.25) is 0 Å². The molecule has 0 saturated carbocycles. The number of ether oxygens (including phenoxy) is 1. The Kier molecular flexibility index (Phi) is 3.96. The SMILES string of the molecule is CCOc1ccc2c(P(C)(C)=O)c(CC)ccc2n1. The second-order valence-electron chi connectivity index (χ2n) is 4.93. The molecule has 0 unspecified atom stereocenters. The summed E-state index contributed by atoms with van der Waals surface area (Å²) in [6.07, 6.45) is 0.879. The average Bonchev–Trinajstić information content (AvgIpc) is 2.36. The Morgan fingerprint density at radius 3 is 2.47 bits per heavy atom. The summed E-state index contributed by atoms with van der Waals surface area (Å²) in [4.78, 5) is 4.47. The van der Waals surface area contributed by atoms with E-state index in [1.54, 1.807) is 0 Å². The zero-order valence-electron chi connectivity index (χ0n) is 11.9. The molecule has 0 aliphatic carbocycles. The van der Waals surface area contributed by atoms with Gasteiger partial charge in [0.05, 0.1) is 12.1 Å². The van der Waals surface area contributed by atoms with E-state index in [2.05, 4.69) is 11.9 Å². The van der Waals surface area contributed by atoms with E-state index in [0.717, 1.165) is 28.2 Å². The Morgan fingerprint density at radius 2 is 1.89 bits per heavy atom. The molecule has 0 N–H and O–H groups in total. The van der Waals surface area contributed by atoms with Crippen LogP contribution in [0.1, 0.15) is 19.4 Å². The van der Waals surface area contributed by atoms with Gasteiger partial charge in [-0.25, -0.2) is 4.98 Å². The number of hydrogen-bond acceptors (Lipinski definition) is 3. The van der Waals surface area contributed by atoms with Crippen molar-refractivity contribution in [2.45, 2.75) is 20.3 Å². The molecule has 0 bridgehead atoms. The molecule has 0 aliphatic rings. The van der Waals surface area contributed by atoms with Gasteiger partial charge in [0.15, 0.2) is 0 Å². The van der Waals surface area contributed by atoms with E-state index in [0.29, 0.717) is 12.5 Å². The molecule has 3 nitrogen and oxygen atoms in total. The fourth-order valence-corrected chi connectivity index (χ4v) is 4.06. The third-order valence-electron chi connectivity index (χ3n) is 3.11. The fourth-order valence-electron chi connectivity index (χ4n) is 2.36. The molecule has 1 aromatic heterocycles. The van der Waals surface area contributed by atoms with Gasteiger partial charge < -0.3 is 9.30 Å². The first-order valence-electron chi connectivity index (χ1n) is 6.58. The number of rotatable bonds is 4. The van der Waals surface area contributed by atoms with Gasteiger partial charge in [-0.15, -0.1) is 0 Å². The Hall–Kier alpha value is -1.34. The summed E-state index contributed by atoms with van der Waals surface area (Å²) in [6, 6.07) is 7.84. The summed E-state index contributed by atoms with van der Waals surface area (Å²) in [5.41, 5.74) is 1.99. The van der Waals surface area contributed by atoms with Crippen molar-refractivity contribution in [3.05, 3.63) is 29.8 Å². The van der Waals surface area contributed by atoms with Crippen LogP contribution in [0.3, 0.4) is 0 Å². The number of aromatic nitrogens is 1. The van der Waals surface area contributed by atoms with Crippen LogP contribution in [0.15, 0.2) is 24.3 Å². The molecule has 0 aliphatic heterocycles. The third kappa shape index (κ3) is 2.82. The van der Waals surface area contributed by atoms with E-state index >= 15 is 0 Å². The fraction of sp³-hybridized carbons (Fsp3) is 0.400. The van der Waals surface area contributed by atoms with Crippen LogP contribution < -0.4 is 10.0 Å². The third-order valence-corrected chi connectivity index (χ3v) is 4.72. The van der Waals surface area contributed by atoms with E-state index in [4.69, 9.17) is 4.74 Å². The predicted molar refractivity (Wildman–Crippen MR) is 81.4 cm³/mol. The minimum Gasteiger partial charge on any atom is -0.478 e. The van der Waals surface area contributed by atoms with Crippen molar-refractivity contribution in [1.82, 2.24) is 4.98 Å². The van der Waals surface area contributed by atoms with Crippen molar-refractivity contribution in [2.75, 3.05) is 19.9 Å². The highest BCUT2D eigenvalue weighted by Gasteiger charge is 2.19. The first-order chi connectivity index (χ1) is 8.97. The molecular formula is C15H20NO2P. The van der Waals surface area contributed by atoms with Gasteiger partial charge >= 0.3 is 0 Å². The van der Waals surface area contributed by atoms with E-state index < -0.39 is 7.14 Å². The Bertz CT molecular complexity index is 646. The highest BCUT2D eigenvalue weighted by molar-refractivity contribution is 7.70. The molecule has 0 saturated heterocycles. The van der Waals surface area contributed by atoms with Crippen molar-refractivity contribution in [2.24, 2.45) is 0 Å². The first kappa shape index (κ1) is 14.1. The van der Waals surface area contributed by atoms with Crippen molar-refractivity contribution in [1.29, 1.82) is 0 Å². The molecule has 1 aromatic carbocycles. The number of pyridine rings is 1. The molecule has 0 radical (unpaired) electrons. The lowest BCUT2D eigenvalue weighted by atomic mass is 10.1. The van der Waals surface area contributed by atoms with Crippen LogP contribution in [0.5, 0.6) is 5.88 Å². The summed E-state index contributed by atoms with van der Waals surface area (Å²) in [6.45, 7) is 8.25. The van der Waals surface area contributed by atoms with E-state index in [-0.39, 0.29) is 0 Å². The molecule has 102 valence electrons. The summed E-state index contributed by atoms with van der Waals surface area (Å²) < 4.78 is 18.0. The van der Waals surface area contributed by atoms with E-state index in [1.165, 1.54) is 0 Å². The monoisotopic (exact) mass is 277 g/mol. The summed E-state index contributed by atoms with van der Waals surface area (Å²) in [5.74, 6) is 0.618. The molecule has 0 amide bonds. The molecule has 0 fully saturated rings. The van der Waals surface area contributed by atoms with Crippen molar-refractivity contribution in [3.63, 3.8) is 0 Å². The molecule has 1 heterocycles. The summed E-state index contributed by atoms with van der Waals surface area (Å²) in [7, 11) is -2.33. The molecular weight excluding hydrogens is 257 g/mol. The number of fused-ring (bicyclic) bond motifs is 1. The molecule has 2 rings (SSSR count). The van der Waals surface area contributed by atoms with Gasteiger partial charge in [-0.1, -0.05) is 13.0 Å². The summed E-state index contributed by atoms with van der Waals surface area (Å²) in [5, 5.41) is 1.94. The predicted octanol–water partition coefficient (Wildman–Crippen LogP) is 3.44. The highest BCUT2D eigenvalue weighted by Crippen LogP contribution is 2.39. The smallest absolute Gasteiger partial charge is 0.213 e. The van der Waals surface area contributed by atoms with Crippen LogP contribution >= 0.6 is 7.14 Å². The van der Waals surface area contributed by atoms with Gasteiger partial charge in [0.1, 0.15) is 7.14 Å². The van der Waals surface area contributed by atoms with Gasteiger partial charge in [0, 0.05) is 16.8 Å². The lowest BCUT2D eigenvalue weighted by molar-refractivity contribution is 0.328. The Labute approximate surface area is 114 Å². The standard InChI is InChI=1S/C15H20NO2P/c1-5-11-7-9-13-12(15(11)19(3,4)17)8-10-14(16-13)18-6-2/h7-10H,5-6H2,1-4H3. The molecule has 19 heavy (non-hydrogen) atoms. The molecule has 0 spiro atoms. The minimum atomic E-state index is -2.33. The lowest BCUT2D eigenvalue weighted by Gasteiger charge is -2.16. The normalized spacial score (nSPS) is 11.8. The van der Waals surface area contributed by atoms with Gasteiger partial charge in [0.2, 0.25) is 5.88 Å². The molecule has 2 aromatic rings. The van der Waals surface area contributed by atoms with Gasteiger partial charge in [0.25, 0.3) is 0 Å².